The lowest BCUT2D eigenvalue weighted by Crippen LogP contribution is -2.24. The van der Waals surface area contributed by atoms with Gasteiger partial charge in [0.25, 0.3) is 0 Å². The Morgan fingerprint density at radius 1 is 1.33 bits per heavy atom. The van der Waals surface area contributed by atoms with Crippen molar-refractivity contribution in [2.24, 2.45) is 5.73 Å². The zero-order valence-corrected chi connectivity index (χ0v) is 10.5. The minimum absolute atomic E-state index is 0.0182. The van der Waals surface area contributed by atoms with E-state index in [9.17, 15) is 4.39 Å². The second kappa shape index (κ2) is 4.12. The third-order valence-corrected chi connectivity index (χ3v) is 3.94. The molecular formula is C14H18FNO2. The number of alkyl halides is 1. The number of nitrogens with two attached hydrogens (primary N) is 1. The number of halogens is 1. The Kier molecular flexibility index (Phi) is 2.70. The second-order valence-corrected chi connectivity index (χ2v) is 5.19. The number of benzene rings is 1. The summed E-state index contributed by atoms with van der Waals surface area (Å²) < 4.78 is 24.9. The predicted molar refractivity (Wildman–Crippen MR) is 66.9 cm³/mol. The molecule has 4 heteroatoms. The summed E-state index contributed by atoms with van der Waals surface area (Å²) in [4.78, 5) is 0. The van der Waals surface area contributed by atoms with Crippen LogP contribution in [0.1, 0.15) is 37.1 Å². The Morgan fingerprint density at radius 2 is 2.06 bits per heavy atom. The van der Waals surface area contributed by atoms with Crippen LogP contribution in [0.5, 0.6) is 11.5 Å². The fourth-order valence-corrected chi connectivity index (χ4v) is 2.53. The molecule has 1 aliphatic heterocycles. The van der Waals surface area contributed by atoms with Crippen LogP contribution in [-0.4, -0.2) is 19.8 Å². The molecule has 0 radical (unpaired) electrons. The average Bonchev–Trinajstić information content (AvgIpc) is 3.18. The van der Waals surface area contributed by atoms with Crippen molar-refractivity contribution < 1.29 is 13.9 Å². The molecule has 0 amide bonds. The molecule has 0 spiro atoms. The number of hydrogen-bond acceptors (Lipinski definition) is 3. The molecule has 1 saturated carbocycles. The molecule has 18 heavy (non-hydrogen) atoms. The second-order valence-electron chi connectivity index (χ2n) is 5.19. The van der Waals surface area contributed by atoms with E-state index in [0.717, 1.165) is 24.2 Å². The Labute approximate surface area is 106 Å². The monoisotopic (exact) mass is 251 g/mol. The standard InChI is InChI=1S/C14H18FNO2/c1-9(15)10-6-11(14(8-16)2-3-14)13-12(7-10)17-4-5-18-13/h6-7,9H,2-5,8,16H2,1H3. The Hall–Kier alpha value is -1.29. The highest BCUT2D eigenvalue weighted by atomic mass is 19.1. The van der Waals surface area contributed by atoms with Gasteiger partial charge >= 0.3 is 0 Å². The number of ether oxygens (including phenoxy) is 2. The van der Waals surface area contributed by atoms with Crippen LogP contribution in [0.15, 0.2) is 12.1 Å². The SMILES string of the molecule is CC(F)c1cc2c(c(C3(CN)CC3)c1)OCCO2. The maximum absolute atomic E-state index is 13.6. The van der Waals surface area contributed by atoms with Gasteiger partial charge in [0.1, 0.15) is 19.4 Å². The molecule has 0 saturated heterocycles. The van der Waals surface area contributed by atoms with Gasteiger partial charge in [0, 0.05) is 17.5 Å². The fourth-order valence-electron chi connectivity index (χ4n) is 2.53. The van der Waals surface area contributed by atoms with Crippen LogP contribution in [0, 0.1) is 0 Å². The fraction of sp³-hybridized carbons (Fsp3) is 0.571. The molecule has 1 unspecified atom stereocenters. The topological polar surface area (TPSA) is 44.5 Å². The van der Waals surface area contributed by atoms with Gasteiger partial charge in [0.05, 0.1) is 0 Å². The minimum atomic E-state index is -1.01. The van der Waals surface area contributed by atoms with E-state index in [1.54, 1.807) is 6.07 Å². The van der Waals surface area contributed by atoms with E-state index in [0.29, 0.717) is 31.1 Å². The van der Waals surface area contributed by atoms with E-state index in [1.807, 2.05) is 6.07 Å². The Bertz CT molecular complexity index is 469. The van der Waals surface area contributed by atoms with Crippen molar-refractivity contribution in [1.29, 1.82) is 0 Å². The van der Waals surface area contributed by atoms with Gasteiger partial charge in [-0.1, -0.05) is 0 Å². The molecule has 0 bridgehead atoms. The normalized spacial score (nSPS) is 21.5. The maximum Gasteiger partial charge on any atom is 0.165 e. The lowest BCUT2D eigenvalue weighted by atomic mass is 9.92. The van der Waals surface area contributed by atoms with E-state index in [1.165, 1.54) is 6.92 Å². The van der Waals surface area contributed by atoms with Gasteiger partial charge in [-0.2, -0.15) is 0 Å². The molecule has 1 aliphatic carbocycles. The third kappa shape index (κ3) is 1.75. The summed E-state index contributed by atoms with van der Waals surface area (Å²) in [6.07, 6.45) is 1.08. The van der Waals surface area contributed by atoms with Gasteiger partial charge in [-0.3, -0.25) is 0 Å². The molecule has 98 valence electrons. The summed E-state index contributed by atoms with van der Waals surface area (Å²) in [5.41, 5.74) is 7.53. The first-order chi connectivity index (χ1) is 8.66. The van der Waals surface area contributed by atoms with Crippen LogP contribution in [0.2, 0.25) is 0 Å². The largest absolute Gasteiger partial charge is 0.486 e. The van der Waals surface area contributed by atoms with Gasteiger partial charge in [-0.05, 0) is 37.5 Å². The third-order valence-electron chi connectivity index (χ3n) is 3.94. The van der Waals surface area contributed by atoms with Crippen molar-refractivity contribution in [2.45, 2.75) is 31.4 Å². The molecule has 1 aromatic carbocycles. The van der Waals surface area contributed by atoms with Crippen molar-refractivity contribution >= 4 is 0 Å². The van der Waals surface area contributed by atoms with Crippen LogP contribution < -0.4 is 15.2 Å². The smallest absolute Gasteiger partial charge is 0.165 e. The highest BCUT2D eigenvalue weighted by molar-refractivity contribution is 5.55. The summed E-state index contributed by atoms with van der Waals surface area (Å²) in [7, 11) is 0. The lowest BCUT2D eigenvalue weighted by Gasteiger charge is -2.26. The van der Waals surface area contributed by atoms with Gasteiger partial charge in [0.15, 0.2) is 11.5 Å². The van der Waals surface area contributed by atoms with Gasteiger partial charge in [-0.25, -0.2) is 4.39 Å². The van der Waals surface area contributed by atoms with Crippen molar-refractivity contribution in [2.75, 3.05) is 19.8 Å². The summed E-state index contributed by atoms with van der Waals surface area (Å²) in [6, 6.07) is 3.65. The minimum Gasteiger partial charge on any atom is -0.486 e. The summed E-state index contributed by atoms with van der Waals surface area (Å²) >= 11 is 0. The lowest BCUT2D eigenvalue weighted by molar-refractivity contribution is 0.168. The quantitative estimate of drug-likeness (QED) is 0.897. The molecule has 1 atom stereocenters. The molecule has 3 nitrogen and oxygen atoms in total. The summed E-state index contributed by atoms with van der Waals surface area (Å²) in [6.45, 7) is 3.18. The Balaban J connectivity index is 2.12. The zero-order valence-electron chi connectivity index (χ0n) is 10.5. The molecule has 1 fully saturated rings. The molecule has 0 aromatic heterocycles. The van der Waals surface area contributed by atoms with E-state index < -0.39 is 6.17 Å². The first kappa shape index (κ1) is 11.8. The van der Waals surface area contributed by atoms with E-state index in [4.69, 9.17) is 15.2 Å². The van der Waals surface area contributed by atoms with Gasteiger partial charge in [-0.15, -0.1) is 0 Å². The predicted octanol–water partition coefficient (Wildman–Crippen LogP) is 2.48. The van der Waals surface area contributed by atoms with Gasteiger partial charge < -0.3 is 15.2 Å². The van der Waals surface area contributed by atoms with Crippen LogP contribution in [-0.2, 0) is 5.41 Å². The summed E-state index contributed by atoms with van der Waals surface area (Å²) in [5.74, 6) is 1.44. The first-order valence-corrected chi connectivity index (χ1v) is 6.44. The molecule has 2 N–H and O–H groups in total. The first-order valence-electron chi connectivity index (χ1n) is 6.44. The summed E-state index contributed by atoms with van der Waals surface area (Å²) in [5, 5.41) is 0. The highest BCUT2D eigenvalue weighted by Gasteiger charge is 2.46. The molecule has 2 aliphatic rings. The van der Waals surface area contributed by atoms with Crippen molar-refractivity contribution in [3.8, 4) is 11.5 Å². The number of rotatable bonds is 3. The Morgan fingerprint density at radius 3 is 2.67 bits per heavy atom. The number of fused-ring (bicyclic) bond motifs is 1. The van der Waals surface area contributed by atoms with Crippen LogP contribution in [0.3, 0.4) is 0 Å². The van der Waals surface area contributed by atoms with Crippen LogP contribution >= 0.6 is 0 Å². The van der Waals surface area contributed by atoms with Crippen molar-refractivity contribution in [1.82, 2.24) is 0 Å². The van der Waals surface area contributed by atoms with E-state index >= 15 is 0 Å². The average molecular weight is 251 g/mol. The van der Waals surface area contributed by atoms with Crippen LogP contribution in [0.4, 0.5) is 4.39 Å². The van der Waals surface area contributed by atoms with E-state index in [2.05, 4.69) is 0 Å². The van der Waals surface area contributed by atoms with Crippen LogP contribution in [0.25, 0.3) is 0 Å². The molecular weight excluding hydrogens is 233 g/mol. The highest BCUT2D eigenvalue weighted by Crippen LogP contribution is 2.54. The molecule has 1 aromatic rings. The van der Waals surface area contributed by atoms with E-state index in [-0.39, 0.29) is 5.41 Å². The van der Waals surface area contributed by atoms with Gasteiger partial charge in [0.2, 0.25) is 0 Å². The molecule has 1 heterocycles. The maximum atomic E-state index is 13.6. The van der Waals surface area contributed by atoms with Crippen molar-refractivity contribution in [3.63, 3.8) is 0 Å². The molecule has 3 rings (SSSR count). The number of hydrogen-bond donors (Lipinski definition) is 1. The zero-order chi connectivity index (χ0) is 12.8. The van der Waals surface area contributed by atoms with Crippen molar-refractivity contribution in [3.05, 3.63) is 23.3 Å².